The van der Waals surface area contributed by atoms with E-state index in [4.69, 9.17) is 0 Å². The minimum absolute atomic E-state index is 0. The molecule has 1 saturated heterocycles. The van der Waals surface area contributed by atoms with Gasteiger partial charge in [0.1, 0.15) is 5.82 Å². The van der Waals surface area contributed by atoms with Crippen LogP contribution in [-0.4, -0.2) is 49.6 Å². The maximum absolute atomic E-state index is 4.59. The highest BCUT2D eigenvalue weighted by atomic mass is 127. The summed E-state index contributed by atoms with van der Waals surface area (Å²) in [6, 6.07) is 6.07. The van der Waals surface area contributed by atoms with Crippen LogP contribution in [0.3, 0.4) is 0 Å². The van der Waals surface area contributed by atoms with Crippen molar-refractivity contribution in [2.24, 2.45) is 4.99 Å². The third-order valence-electron chi connectivity index (χ3n) is 3.43. The second kappa shape index (κ2) is 10.1. The predicted octanol–water partition coefficient (Wildman–Crippen LogP) is 2.33. The number of pyridine rings is 1. The van der Waals surface area contributed by atoms with Crippen LogP contribution in [0.1, 0.15) is 18.5 Å². The van der Waals surface area contributed by atoms with Crippen LogP contribution in [0.2, 0.25) is 0 Å². The molecule has 0 saturated carbocycles. The van der Waals surface area contributed by atoms with Gasteiger partial charge in [-0.3, -0.25) is 4.99 Å². The van der Waals surface area contributed by atoms with Gasteiger partial charge in [0.15, 0.2) is 5.96 Å². The second-order valence-electron chi connectivity index (χ2n) is 5.32. The Labute approximate surface area is 154 Å². The van der Waals surface area contributed by atoms with Crippen LogP contribution < -0.4 is 15.5 Å². The van der Waals surface area contributed by atoms with E-state index in [1.54, 1.807) is 7.05 Å². The molecule has 1 aromatic rings. The van der Waals surface area contributed by atoms with Gasteiger partial charge in [-0.1, -0.05) is 6.07 Å². The number of nitrogens with zero attached hydrogens (tertiary/aromatic N) is 3. The molecule has 1 atom stereocenters. The minimum atomic E-state index is 0. The number of aliphatic imine (C=N–C) groups is 1. The SMILES string of the molecule is CN=C(NCc1cccc(N(C)C)n1)NCC1CCCS1.I. The maximum atomic E-state index is 4.59. The van der Waals surface area contributed by atoms with E-state index in [9.17, 15) is 0 Å². The van der Waals surface area contributed by atoms with E-state index in [2.05, 4.69) is 32.4 Å². The van der Waals surface area contributed by atoms with Crippen LogP contribution in [0.15, 0.2) is 23.2 Å². The zero-order valence-electron chi connectivity index (χ0n) is 13.5. The Balaban J connectivity index is 0.00000242. The molecule has 1 aromatic heterocycles. The highest BCUT2D eigenvalue weighted by Gasteiger charge is 2.15. The lowest BCUT2D eigenvalue weighted by Crippen LogP contribution is -2.39. The van der Waals surface area contributed by atoms with E-state index in [-0.39, 0.29) is 24.0 Å². The normalized spacial score (nSPS) is 17.8. The lowest BCUT2D eigenvalue weighted by Gasteiger charge is -2.15. The summed E-state index contributed by atoms with van der Waals surface area (Å²) in [6.45, 7) is 1.66. The topological polar surface area (TPSA) is 52.6 Å². The van der Waals surface area contributed by atoms with E-state index >= 15 is 0 Å². The number of hydrogen-bond donors (Lipinski definition) is 2. The van der Waals surface area contributed by atoms with Crippen molar-refractivity contribution in [1.82, 2.24) is 15.6 Å². The minimum Gasteiger partial charge on any atom is -0.363 e. The number of hydrogen-bond acceptors (Lipinski definition) is 4. The van der Waals surface area contributed by atoms with Crippen LogP contribution in [-0.2, 0) is 6.54 Å². The smallest absolute Gasteiger partial charge is 0.191 e. The second-order valence-corrected chi connectivity index (χ2v) is 6.73. The van der Waals surface area contributed by atoms with Gasteiger partial charge in [-0.25, -0.2) is 4.98 Å². The lowest BCUT2D eigenvalue weighted by molar-refractivity contribution is 0.723. The molecule has 1 aliphatic rings. The van der Waals surface area contributed by atoms with Gasteiger partial charge in [-0.2, -0.15) is 11.8 Å². The molecule has 2 rings (SSSR count). The molecule has 1 unspecified atom stereocenters. The molecule has 0 spiro atoms. The fourth-order valence-electron chi connectivity index (χ4n) is 2.23. The first kappa shape index (κ1) is 19.3. The molecule has 5 nitrogen and oxygen atoms in total. The molecule has 0 radical (unpaired) electrons. The van der Waals surface area contributed by atoms with Gasteiger partial charge in [0.2, 0.25) is 0 Å². The van der Waals surface area contributed by atoms with Gasteiger partial charge in [-0.05, 0) is 30.7 Å². The first-order valence-electron chi connectivity index (χ1n) is 7.38. The third kappa shape index (κ3) is 6.20. The van der Waals surface area contributed by atoms with E-state index < -0.39 is 0 Å². The number of anilines is 1. The van der Waals surface area contributed by atoms with Gasteiger partial charge < -0.3 is 15.5 Å². The van der Waals surface area contributed by atoms with Crippen molar-refractivity contribution in [3.63, 3.8) is 0 Å². The molecule has 0 bridgehead atoms. The van der Waals surface area contributed by atoms with Crippen LogP contribution in [0.25, 0.3) is 0 Å². The number of thioether (sulfide) groups is 1. The Morgan fingerprint density at radius 2 is 2.23 bits per heavy atom. The number of rotatable bonds is 5. The Morgan fingerprint density at radius 3 is 2.86 bits per heavy atom. The maximum Gasteiger partial charge on any atom is 0.191 e. The van der Waals surface area contributed by atoms with E-state index in [0.717, 1.165) is 29.3 Å². The molecule has 22 heavy (non-hydrogen) atoms. The monoisotopic (exact) mass is 435 g/mol. The third-order valence-corrected chi connectivity index (χ3v) is 4.83. The van der Waals surface area contributed by atoms with Crippen LogP contribution in [0.5, 0.6) is 0 Å². The van der Waals surface area contributed by atoms with Gasteiger partial charge in [-0.15, -0.1) is 24.0 Å². The zero-order chi connectivity index (χ0) is 15.1. The number of aromatic nitrogens is 1. The van der Waals surface area contributed by atoms with Crippen molar-refractivity contribution in [2.75, 3.05) is 38.3 Å². The van der Waals surface area contributed by atoms with Crippen molar-refractivity contribution >= 4 is 47.5 Å². The van der Waals surface area contributed by atoms with E-state index in [1.807, 2.05) is 37.2 Å². The van der Waals surface area contributed by atoms with Gasteiger partial charge >= 0.3 is 0 Å². The largest absolute Gasteiger partial charge is 0.363 e. The Hall–Kier alpha value is -0.700. The summed E-state index contributed by atoms with van der Waals surface area (Å²) in [4.78, 5) is 10.9. The average molecular weight is 435 g/mol. The zero-order valence-corrected chi connectivity index (χ0v) is 16.6. The number of halogens is 1. The van der Waals surface area contributed by atoms with Crippen LogP contribution in [0, 0.1) is 0 Å². The summed E-state index contributed by atoms with van der Waals surface area (Å²) in [5.41, 5.74) is 1.01. The Bertz CT molecular complexity index is 475. The summed E-state index contributed by atoms with van der Waals surface area (Å²) in [5.74, 6) is 3.11. The first-order valence-corrected chi connectivity index (χ1v) is 8.43. The summed E-state index contributed by atoms with van der Waals surface area (Å²) in [5, 5.41) is 7.44. The summed E-state index contributed by atoms with van der Waals surface area (Å²) in [6.07, 6.45) is 2.64. The van der Waals surface area contributed by atoms with Crippen LogP contribution >= 0.6 is 35.7 Å². The quantitative estimate of drug-likeness (QED) is 0.423. The molecule has 0 aromatic carbocycles. The fraction of sp³-hybridized carbons (Fsp3) is 0.600. The molecular weight excluding hydrogens is 409 g/mol. The summed E-state index contributed by atoms with van der Waals surface area (Å²) in [7, 11) is 5.80. The summed E-state index contributed by atoms with van der Waals surface area (Å²) < 4.78 is 0. The van der Waals surface area contributed by atoms with Crippen molar-refractivity contribution in [2.45, 2.75) is 24.6 Å². The highest BCUT2D eigenvalue weighted by molar-refractivity contribution is 14.0. The molecule has 2 N–H and O–H groups in total. The molecule has 0 amide bonds. The van der Waals surface area contributed by atoms with Crippen LogP contribution in [0.4, 0.5) is 5.82 Å². The number of nitrogens with one attached hydrogen (secondary N) is 2. The molecule has 1 fully saturated rings. The molecule has 124 valence electrons. The average Bonchev–Trinajstić information content (AvgIpc) is 3.01. The van der Waals surface area contributed by atoms with Crippen molar-refractivity contribution in [3.05, 3.63) is 23.9 Å². The van der Waals surface area contributed by atoms with Gasteiger partial charge in [0.05, 0.1) is 12.2 Å². The molecule has 2 heterocycles. The Morgan fingerprint density at radius 1 is 1.41 bits per heavy atom. The van der Waals surface area contributed by atoms with E-state index in [0.29, 0.717) is 6.54 Å². The Kier molecular flexibility index (Phi) is 8.92. The van der Waals surface area contributed by atoms with E-state index in [1.165, 1.54) is 18.6 Å². The molecule has 7 heteroatoms. The lowest BCUT2D eigenvalue weighted by atomic mass is 10.2. The molecular formula is C15H26IN5S. The van der Waals surface area contributed by atoms with Crippen molar-refractivity contribution < 1.29 is 0 Å². The van der Waals surface area contributed by atoms with Crippen molar-refractivity contribution in [1.29, 1.82) is 0 Å². The number of guanidine groups is 1. The van der Waals surface area contributed by atoms with Gasteiger partial charge in [0.25, 0.3) is 0 Å². The van der Waals surface area contributed by atoms with Crippen molar-refractivity contribution in [3.8, 4) is 0 Å². The first-order chi connectivity index (χ1) is 10.2. The summed E-state index contributed by atoms with van der Waals surface area (Å²) >= 11 is 2.05. The molecule has 0 aliphatic carbocycles. The van der Waals surface area contributed by atoms with Gasteiger partial charge in [0, 0.05) is 32.9 Å². The molecule has 1 aliphatic heterocycles. The fourth-order valence-corrected chi connectivity index (χ4v) is 3.43. The highest BCUT2D eigenvalue weighted by Crippen LogP contribution is 2.25. The standard InChI is InChI=1S/C15H25N5S.HI/c1-16-15(18-11-13-7-5-9-21-13)17-10-12-6-4-8-14(19-12)20(2)3;/h4,6,8,13H,5,7,9-11H2,1-3H3,(H2,16,17,18);1H. The predicted molar refractivity (Wildman–Crippen MR) is 108 cm³/mol.